The highest BCUT2D eigenvalue weighted by Gasteiger charge is 2.51. The van der Waals surface area contributed by atoms with Gasteiger partial charge in [0.05, 0.1) is 18.9 Å². The minimum Gasteiger partial charge on any atom is -0.456 e. The Balaban J connectivity index is 1.24. The van der Waals surface area contributed by atoms with Crippen LogP contribution in [0, 0.1) is 34.5 Å². The lowest BCUT2D eigenvalue weighted by Crippen LogP contribution is -2.47. The van der Waals surface area contributed by atoms with Crippen LogP contribution in [0.25, 0.3) is 0 Å². The average molecular weight is 366 g/mol. The molecule has 0 radical (unpaired) electrons. The number of benzene rings is 1. The van der Waals surface area contributed by atoms with Crippen molar-refractivity contribution in [2.45, 2.75) is 51.4 Å². The predicted molar refractivity (Wildman–Crippen MR) is 101 cm³/mol. The van der Waals surface area contributed by atoms with Gasteiger partial charge in [-0.2, -0.15) is 5.26 Å². The fraction of sp³-hybridized carbons (Fsp3) is 0.591. The summed E-state index contributed by atoms with van der Waals surface area (Å²) >= 11 is 0. The molecule has 1 amide bonds. The maximum Gasteiger partial charge on any atom is 0.306 e. The molecule has 0 atom stereocenters. The summed E-state index contributed by atoms with van der Waals surface area (Å²) < 4.78 is 5.28. The topological polar surface area (TPSA) is 79.2 Å². The second kappa shape index (κ2) is 7.34. The summed E-state index contributed by atoms with van der Waals surface area (Å²) in [6.07, 6.45) is 8.35. The van der Waals surface area contributed by atoms with Crippen molar-refractivity contribution in [1.82, 2.24) is 0 Å². The second-order valence-corrected chi connectivity index (χ2v) is 8.84. The van der Waals surface area contributed by atoms with E-state index in [-0.39, 0.29) is 23.9 Å². The maximum absolute atomic E-state index is 12.4. The molecule has 4 fully saturated rings. The zero-order valence-electron chi connectivity index (χ0n) is 15.6. The van der Waals surface area contributed by atoms with Crippen molar-refractivity contribution < 1.29 is 14.3 Å². The highest BCUT2D eigenvalue weighted by Crippen LogP contribution is 2.61. The molecule has 27 heavy (non-hydrogen) atoms. The van der Waals surface area contributed by atoms with Crippen molar-refractivity contribution in [2.24, 2.45) is 23.2 Å². The van der Waals surface area contributed by atoms with Crippen LogP contribution in [0.4, 0.5) is 5.69 Å². The van der Waals surface area contributed by atoms with E-state index in [4.69, 9.17) is 10.00 Å². The monoisotopic (exact) mass is 366 g/mol. The first-order chi connectivity index (χ1) is 13.0. The number of hydrogen-bond donors (Lipinski definition) is 1. The van der Waals surface area contributed by atoms with Gasteiger partial charge in [-0.15, -0.1) is 0 Å². The van der Waals surface area contributed by atoms with E-state index in [0.29, 0.717) is 18.5 Å². The van der Waals surface area contributed by atoms with E-state index in [1.54, 1.807) is 24.3 Å². The van der Waals surface area contributed by atoms with Crippen LogP contribution in [0.5, 0.6) is 0 Å². The summed E-state index contributed by atoms with van der Waals surface area (Å²) in [5, 5.41) is 11.4. The summed E-state index contributed by atoms with van der Waals surface area (Å²) in [5.74, 6) is 1.84. The molecule has 0 aromatic heterocycles. The molecule has 1 N–H and O–H groups in total. The summed E-state index contributed by atoms with van der Waals surface area (Å²) in [6.45, 7) is -0.245. The Morgan fingerprint density at radius 2 is 1.67 bits per heavy atom. The molecule has 142 valence electrons. The number of carbonyl (C=O) groups excluding carboxylic acids is 2. The molecule has 0 heterocycles. The molecule has 4 bridgehead atoms. The molecule has 4 saturated carbocycles. The van der Waals surface area contributed by atoms with Crippen molar-refractivity contribution in [3.8, 4) is 6.07 Å². The van der Waals surface area contributed by atoms with Crippen LogP contribution in [0.1, 0.15) is 50.5 Å². The van der Waals surface area contributed by atoms with Gasteiger partial charge in [-0.05, 0) is 79.4 Å². The summed E-state index contributed by atoms with van der Waals surface area (Å²) in [7, 11) is 0. The Bertz CT molecular complexity index is 727. The number of nitrogens with zero attached hydrogens (tertiary/aromatic N) is 1. The van der Waals surface area contributed by atoms with Crippen molar-refractivity contribution in [3.63, 3.8) is 0 Å². The lowest BCUT2D eigenvalue weighted by Gasteiger charge is -2.56. The van der Waals surface area contributed by atoms with Gasteiger partial charge in [0.1, 0.15) is 0 Å². The van der Waals surface area contributed by atoms with Crippen LogP contribution in [-0.2, 0) is 20.7 Å². The van der Waals surface area contributed by atoms with Gasteiger partial charge < -0.3 is 10.1 Å². The van der Waals surface area contributed by atoms with Gasteiger partial charge in [-0.25, -0.2) is 0 Å². The third-order valence-corrected chi connectivity index (χ3v) is 6.57. The van der Waals surface area contributed by atoms with Crippen molar-refractivity contribution in [1.29, 1.82) is 5.26 Å². The average Bonchev–Trinajstić information content (AvgIpc) is 2.60. The summed E-state index contributed by atoms with van der Waals surface area (Å²) in [6, 6.07) is 9.20. The number of rotatable bonds is 6. The Morgan fingerprint density at radius 3 is 2.22 bits per heavy atom. The normalized spacial score (nSPS) is 30.6. The molecule has 4 aliphatic carbocycles. The number of anilines is 1. The molecular formula is C22H26N2O3. The standard InChI is InChI=1S/C22H26N2O3/c23-6-5-15-1-3-19(4-2-15)24-20(25)14-27-21(26)13-22-10-16-7-17(11-22)9-18(8-16)12-22/h1-4,16-18H,5,7-14H2,(H,24,25). The largest absolute Gasteiger partial charge is 0.456 e. The summed E-state index contributed by atoms with van der Waals surface area (Å²) in [4.78, 5) is 24.4. The highest BCUT2D eigenvalue weighted by atomic mass is 16.5. The smallest absolute Gasteiger partial charge is 0.306 e. The van der Waals surface area contributed by atoms with Gasteiger partial charge in [-0.3, -0.25) is 9.59 Å². The molecule has 4 aliphatic rings. The van der Waals surface area contributed by atoms with Gasteiger partial charge in [0, 0.05) is 5.69 Å². The molecular weight excluding hydrogens is 340 g/mol. The maximum atomic E-state index is 12.4. The molecule has 1 aromatic carbocycles. The minimum atomic E-state index is -0.332. The zero-order valence-corrected chi connectivity index (χ0v) is 15.6. The molecule has 5 rings (SSSR count). The lowest BCUT2D eigenvalue weighted by molar-refractivity contribution is -0.154. The molecule has 5 nitrogen and oxygen atoms in total. The quantitative estimate of drug-likeness (QED) is 0.776. The number of nitriles is 1. The number of amides is 1. The zero-order chi connectivity index (χ0) is 18.9. The van der Waals surface area contributed by atoms with Gasteiger partial charge in [0.2, 0.25) is 0 Å². The number of ether oxygens (including phenoxy) is 1. The van der Waals surface area contributed by atoms with E-state index >= 15 is 0 Å². The van der Waals surface area contributed by atoms with Crippen LogP contribution < -0.4 is 5.32 Å². The highest BCUT2D eigenvalue weighted by molar-refractivity contribution is 5.92. The Labute approximate surface area is 160 Å². The first-order valence-electron chi connectivity index (χ1n) is 9.95. The van der Waals surface area contributed by atoms with Gasteiger partial charge in [0.15, 0.2) is 6.61 Å². The number of esters is 1. The van der Waals surface area contributed by atoms with E-state index in [2.05, 4.69) is 11.4 Å². The van der Waals surface area contributed by atoms with E-state index in [1.165, 1.54) is 19.3 Å². The van der Waals surface area contributed by atoms with Gasteiger partial charge in [-0.1, -0.05) is 12.1 Å². The molecule has 0 unspecified atom stereocenters. The van der Waals surface area contributed by atoms with Crippen molar-refractivity contribution in [2.75, 3.05) is 11.9 Å². The van der Waals surface area contributed by atoms with Gasteiger partial charge in [0.25, 0.3) is 5.91 Å². The van der Waals surface area contributed by atoms with E-state index in [0.717, 1.165) is 42.6 Å². The van der Waals surface area contributed by atoms with Crippen LogP contribution in [-0.4, -0.2) is 18.5 Å². The SMILES string of the molecule is N#CCc1ccc(NC(=O)COC(=O)CC23CC4CC(CC(C4)C2)C3)cc1. The van der Waals surface area contributed by atoms with Crippen molar-refractivity contribution in [3.05, 3.63) is 29.8 Å². The van der Waals surface area contributed by atoms with Crippen LogP contribution in [0.15, 0.2) is 24.3 Å². The minimum absolute atomic E-state index is 0.138. The molecule has 1 aromatic rings. The Kier molecular flexibility index (Phi) is 4.90. The molecule has 0 spiro atoms. The van der Waals surface area contributed by atoms with Gasteiger partial charge >= 0.3 is 5.97 Å². The third kappa shape index (κ3) is 4.16. The number of nitrogens with one attached hydrogen (secondary N) is 1. The Hall–Kier alpha value is -2.35. The van der Waals surface area contributed by atoms with E-state index < -0.39 is 0 Å². The first-order valence-corrected chi connectivity index (χ1v) is 9.95. The van der Waals surface area contributed by atoms with E-state index in [9.17, 15) is 9.59 Å². The fourth-order valence-electron chi connectivity index (χ4n) is 6.00. The van der Waals surface area contributed by atoms with Crippen LogP contribution >= 0.6 is 0 Å². The van der Waals surface area contributed by atoms with E-state index in [1.807, 2.05) is 0 Å². The summed E-state index contributed by atoms with van der Waals surface area (Å²) in [5.41, 5.74) is 1.68. The number of hydrogen-bond acceptors (Lipinski definition) is 4. The third-order valence-electron chi connectivity index (χ3n) is 6.57. The van der Waals surface area contributed by atoms with Crippen molar-refractivity contribution >= 4 is 17.6 Å². The molecule has 0 aliphatic heterocycles. The number of carbonyl (C=O) groups is 2. The molecule has 5 heteroatoms. The lowest BCUT2D eigenvalue weighted by atomic mass is 9.49. The molecule has 0 saturated heterocycles. The van der Waals surface area contributed by atoms with Crippen LogP contribution in [0.2, 0.25) is 0 Å². The first kappa shape index (κ1) is 18.0. The van der Waals surface area contributed by atoms with Crippen LogP contribution in [0.3, 0.4) is 0 Å². The fourth-order valence-corrected chi connectivity index (χ4v) is 6.00. The second-order valence-electron chi connectivity index (χ2n) is 8.84. The Morgan fingerprint density at radius 1 is 1.07 bits per heavy atom. The predicted octanol–water partition coefficient (Wildman–Crippen LogP) is 3.84.